The lowest BCUT2D eigenvalue weighted by Gasteiger charge is -2.22. The first-order valence-corrected chi connectivity index (χ1v) is 10.7. The summed E-state index contributed by atoms with van der Waals surface area (Å²) in [5, 5.41) is 12.8. The summed E-state index contributed by atoms with van der Waals surface area (Å²) in [5.74, 6) is 3.64. The molecule has 0 saturated heterocycles. The molecule has 2 aromatic rings. The lowest BCUT2D eigenvalue weighted by atomic mass is 9.98. The molecule has 0 bridgehead atoms. The Hall–Kier alpha value is -2.53. The average molecular weight is 481 g/mol. The van der Waals surface area contributed by atoms with E-state index in [0.717, 1.165) is 11.3 Å². The number of anilines is 1. The minimum Gasteiger partial charge on any atom is -0.477 e. The number of Topliss-reactive ketones (excluding diaryl/α,β-unsaturated/α-hetero) is 1. The number of hydrogen-bond donors (Lipinski definition) is 2. The number of carboxylic acids is 1. The average Bonchev–Trinajstić information content (AvgIpc) is 3.06. The van der Waals surface area contributed by atoms with Gasteiger partial charge in [0, 0.05) is 30.1 Å². The molecule has 0 aliphatic heterocycles. The third-order valence-electron chi connectivity index (χ3n) is 3.93. The molecule has 0 spiro atoms. The number of thiophene rings is 1. The Labute approximate surface area is 195 Å². The van der Waals surface area contributed by atoms with Gasteiger partial charge in [-0.3, -0.25) is 9.59 Å². The third kappa shape index (κ3) is 6.47. The second-order valence-electron chi connectivity index (χ2n) is 7.96. The van der Waals surface area contributed by atoms with Gasteiger partial charge in [0.1, 0.15) is 4.88 Å². The fraction of sp³-hybridized carbons (Fsp3) is 0.318. The summed E-state index contributed by atoms with van der Waals surface area (Å²) in [6.45, 7) is 5.81. The van der Waals surface area contributed by atoms with Crippen LogP contribution in [0.5, 0.6) is 0 Å². The molecule has 1 aromatic heterocycles. The second-order valence-corrected chi connectivity index (χ2v) is 9.85. The quantitative estimate of drug-likeness (QED) is 0.348. The summed E-state index contributed by atoms with van der Waals surface area (Å²) < 4.78 is 0. The van der Waals surface area contributed by atoms with Crippen molar-refractivity contribution in [2.45, 2.75) is 26.8 Å². The normalized spacial score (nSPS) is 11.8. The van der Waals surface area contributed by atoms with Crippen LogP contribution < -0.4 is 5.32 Å². The number of likely N-dealkylation sites (N-methyl/N-ethyl adjacent to an activating group) is 1. The van der Waals surface area contributed by atoms with Crippen LogP contribution in [0.2, 0.25) is 10.0 Å². The number of halogens is 2. The lowest BCUT2D eigenvalue weighted by molar-refractivity contribution is -0.128. The summed E-state index contributed by atoms with van der Waals surface area (Å²) in [6, 6.07) is 4.47. The zero-order chi connectivity index (χ0) is 23.5. The molecule has 1 atom stereocenters. The first-order chi connectivity index (χ1) is 14.3. The van der Waals surface area contributed by atoms with E-state index in [4.69, 9.17) is 23.2 Å². The van der Waals surface area contributed by atoms with Gasteiger partial charge in [0.25, 0.3) is 5.91 Å². The van der Waals surface area contributed by atoms with Gasteiger partial charge in [-0.2, -0.15) is 0 Å². The Kier molecular flexibility index (Phi) is 7.77. The Morgan fingerprint density at radius 1 is 1.16 bits per heavy atom. The van der Waals surface area contributed by atoms with Crippen molar-refractivity contribution in [2.24, 2.45) is 5.41 Å². The molecule has 0 saturated carbocycles. The van der Waals surface area contributed by atoms with E-state index in [1.165, 1.54) is 43.3 Å². The molecule has 0 radical (unpaired) electrons. The van der Waals surface area contributed by atoms with E-state index in [-0.39, 0.29) is 26.6 Å². The topological polar surface area (TPSA) is 86.7 Å². The molecule has 6 nitrogen and oxygen atoms in total. The van der Waals surface area contributed by atoms with Gasteiger partial charge in [0.15, 0.2) is 11.8 Å². The number of carbonyl (C=O) groups is 3. The van der Waals surface area contributed by atoms with Gasteiger partial charge in [-0.05, 0) is 45.0 Å². The van der Waals surface area contributed by atoms with Crippen LogP contribution in [0.1, 0.15) is 45.7 Å². The zero-order valence-electron chi connectivity index (χ0n) is 17.7. The molecule has 31 heavy (non-hydrogen) atoms. The number of nitrogens with one attached hydrogen (secondary N) is 1. The van der Waals surface area contributed by atoms with Crippen LogP contribution in [0.25, 0.3) is 0 Å². The molecule has 2 rings (SSSR count). The molecule has 1 unspecified atom stereocenters. The van der Waals surface area contributed by atoms with E-state index < -0.39 is 23.7 Å². The van der Waals surface area contributed by atoms with E-state index in [1.54, 1.807) is 0 Å². The van der Waals surface area contributed by atoms with Crippen molar-refractivity contribution in [2.75, 3.05) is 19.4 Å². The molecule has 164 valence electrons. The summed E-state index contributed by atoms with van der Waals surface area (Å²) in [5.41, 5.74) is -0.0425. The number of rotatable bonds is 6. The Morgan fingerprint density at radius 3 is 2.32 bits per heavy atom. The number of amides is 1. The van der Waals surface area contributed by atoms with Crippen molar-refractivity contribution in [3.8, 4) is 11.8 Å². The van der Waals surface area contributed by atoms with Crippen molar-refractivity contribution >= 4 is 57.9 Å². The first kappa shape index (κ1) is 24.7. The van der Waals surface area contributed by atoms with E-state index in [9.17, 15) is 19.5 Å². The Balaban J connectivity index is 2.51. The first-order valence-electron chi connectivity index (χ1n) is 9.17. The van der Waals surface area contributed by atoms with E-state index in [0.29, 0.717) is 9.90 Å². The number of benzene rings is 1. The summed E-state index contributed by atoms with van der Waals surface area (Å²) in [7, 11) is 3.00. The smallest absolute Gasteiger partial charge is 0.348 e. The predicted octanol–water partition coefficient (Wildman–Crippen LogP) is 4.90. The highest BCUT2D eigenvalue weighted by molar-refractivity contribution is 7.15. The number of ketones is 1. The van der Waals surface area contributed by atoms with Gasteiger partial charge in [-0.15, -0.1) is 11.3 Å². The van der Waals surface area contributed by atoms with Crippen LogP contribution in [0.15, 0.2) is 24.3 Å². The fourth-order valence-corrected chi connectivity index (χ4v) is 3.78. The Bertz CT molecular complexity index is 1090. The highest BCUT2D eigenvalue weighted by Crippen LogP contribution is 2.29. The van der Waals surface area contributed by atoms with Crippen LogP contribution in [0.4, 0.5) is 5.69 Å². The number of aromatic carboxylic acids is 1. The van der Waals surface area contributed by atoms with Gasteiger partial charge < -0.3 is 15.3 Å². The highest BCUT2D eigenvalue weighted by atomic mass is 35.5. The third-order valence-corrected chi connectivity index (χ3v) is 5.52. The number of hydrogen-bond acceptors (Lipinski definition) is 5. The van der Waals surface area contributed by atoms with Crippen molar-refractivity contribution in [1.29, 1.82) is 0 Å². The van der Waals surface area contributed by atoms with Gasteiger partial charge in [-0.1, -0.05) is 35.0 Å². The fourth-order valence-electron chi connectivity index (χ4n) is 2.47. The van der Waals surface area contributed by atoms with Crippen molar-refractivity contribution in [1.82, 2.24) is 4.90 Å². The van der Waals surface area contributed by atoms with Crippen molar-refractivity contribution in [3.63, 3.8) is 0 Å². The molecule has 0 fully saturated rings. The molecular formula is C22H22Cl2N2O4S. The number of carbonyl (C=O) groups excluding carboxylic acids is 2. The van der Waals surface area contributed by atoms with E-state index in [2.05, 4.69) is 17.2 Å². The maximum Gasteiger partial charge on any atom is 0.348 e. The van der Waals surface area contributed by atoms with Gasteiger partial charge >= 0.3 is 5.97 Å². The summed E-state index contributed by atoms with van der Waals surface area (Å²) in [4.78, 5) is 39.4. The lowest BCUT2D eigenvalue weighted by Crippen LogP contribution is -2.44. The Morgan fingerprint density at radius 2 is 1.81 bits per heavy atom. The maximum absolute atomic E-state index is 13.2. The molecule has 0 aliphatic carbocycles. The second kappa shape index (κ2) is 9.73. The molecule has 9 heteroatoms. The SMILES string of the molecule is CN(C)C(=O)C(Nc1cc(C#CC(C)(C)C)sc1C(=O)O)C(=O)c1ccc(Cl)cc1Cl. The van der Waals surface area contributed by atoms with Gasteiger partial charge in [0.2, 0.25) is 0 Å². The summed E-state index contributed by atoms with van der Waals surface area (Å²) >= 11 is 13.0. The highest BCUT2D eigenvalue weighted by Gasteiger charge is 2.32. The minimum absolute atomic E-state index is 0.0511. The van der Waals surface area contributed by atoms with Crippen LogP contribution in [0, 0.1) is 17.3 Å². The van der Waals surface area contributed by atoms with Gasteiger partial charge in [-0.25, -0.2) is 4.79 Å². The molecule has 1 heterocycles. The van der Waals surface area contributed by atoms with Crippen molar-refractivity contribution < 1.29 is 19.5 Å². The summed E-state index contributed by atoms with van der Waals surface area (Å²) in [6.07, 6.45) is 0. The number of carboxylic acid groups (broad SMARTS) is 1. The van der Waals surface area contributed by atoms with Crippen molar-refractivity contribution in [3.05, 3.63) is 49.6 Å². The van der Waals surface area contributed by atoms with Gasteiger partial charge in [0.05, 0.1) is 15.6 Å². The zero-order valence-corrected chi connectivity index (χ0v) is 20.0. The van der Waals surface area contributed by atoms with E-state index in [1.807, 2.05) is 20.8 Å². The van der Waals surface area contributed by atoms with Crippen LogP contribution in [-0.4, -0.2) is 47.8 Å². The van der Waals surface area contributed by atoms with Crippen LogP contribution >= 0.6 is 34.5 Å². The molecule has 2 N–H and O–H groups in total. The largest absolute Gasteiger partial charge is 0.477 e. The monoisotopic (exact) mass is 480 g/mol. The molecule has 1 amide bonds. The molecule has 0 aliphatic rings. The predicted molar refractivity (Wildman–Crippen MR) is 125 cm³/mol. The number of nitrogens with zero attached hydrogens (tertiary/aromatic N) is 1. The maximum atomic E-state index is 13.2. The molecular weight excluding hydrogens is 459 g/mol. The van der Waals surface area contributed by atoms with E-state index >= 15 is 0 Å². The van der Waals surface area contributed by atoms with Crippen LogP contribution in [-0.2, 0) is 4.79 Å². The minimum atomic E-state index is -1.38. The van der Waals surface area contributed by atoms with Crippen LogP contribution in [0.3, 0.4) is 0 Å². The molecule has 1 aromatic carbocycles. The standard InChI is InChI=1S/C22H22Cl2N2O4S/c1-22(2,3)9-8-13-11-16(19(31-13)21(29)30)25-17(20(28)26(4)5)18(27)14-7-6-12(23)10-15(14)24/h6-7,10-11,17,25H,1-5H3,(H,29,30).